The Labute approximate surface area is 158 Å². The van der Waals surface area contributed by atoms with Gasteiger partial charge in [-0.15, -0.1) is 0 Å². The van der Waals surface area contributed by atoms with Crippen LogP contribution in [0.15, 0.2) is 11.6 Å². The van der Waals surface area contributed by atoms with Gasteiger partial charge >= 0.3 is 0 Å². The van der Waals surface area contributed by atoms with Crippen LogP contribution in [0, 0.1) is 34.5 Å². The lowest BCUT2D eigenvalue weighted by atomic mass is 9.46. The lowest BCUT2D eigenvalue weighted by Crippen LogP contribution is -2.58. The van der Waals surface area contributed by atoms with Crippen molar-refractivity contribution in [2.24, 2.45) is 34.5 Å². The van der Waals surface area contributed by atoms with E-state index in [-0.39, 0.29) is 46.8 Å². The molecule has 4 fully saturated rings. The molecule has 148 valence electrons. The van der Waals surface area contributed by atoms with Gasteiger partial charge in [-0.2, -0.15) is 0 Å². The summed E-state index contributed by atoms with van der Waals surface area (Å²) in [4.78, 5) is 24.4. The maximum absolute atomic E-state index is 12.4. The molecule has 1 heterocycles. The number of hydrogen-bond donors (Lipinski definition) is 3. The maximum atomic E-state index is 12.4. The van der Waals surface area contributed by atoms with Crippen LogP contribution >= 0.6 is 0 Å². The van der Waals surface area contributed by atoms with Gasteiger partial charge in [-0.05, 0) is 66.9 Å². The topological polar surface area (TPSA) is 104 Å². The molecule has 6 heteroatoms. The minimum Gasteiger partial charge on any atom is -0.389 e. The van der Waals surface area contributed by atoms with E-state index in [1.807, 2.05) is 0 Å². The Kier molecular flexibility index (Phi) is 3.81. The Morgan fingerprint density at radius 2 is 2.11 bits per heavy atom. The fourth-order valence-corrected chi connectivity index (χ4v) is 7.85. The summed E-state index contributed by atoms with van der Waals surface area (Å²) in [5.41, 5.74) is -0.109. The third-order valence-corrected chi connectivity index (χ3v) is 8.80. The molecule has 4 aliphatic carbocycles. The van der Waals surface area contributed by atoms with E-state index in [0.29, 0.717) is 32.1 Å². The molecule has 0 aromatic heterocycles. The molecule has 1 aliphatic heterocycles. The highest BCUT2D eigenvalue weighted by Crippen LogP contribution is 2.71. The van der Waals surface area contributed by atoms with Gasteiger partial charge in [0.15, 0.2) is 17.9 Å². The van der Waals surface area contributed by atoms with Crippen LogP contribution in [-0.4, -0.2) is 52.0 Å². The third-order valence-electron chi connectivity index (χ3n) is 8.80. The first-order chi connectivity index (χ1) is 12.8. The summed E-state index contributed by atoms with van der Waals surface area (Å²) in [5.74, 6) is -0.107. The summed E-state index contributed by atoms with van der Waals surface area (Å²) < 4.78 is 6.09. The standard InChI is InChI=1S/C21H28O6/c1-20-5-4-10(23)6-14(20)15(24)7-11-12-2-3-13(16(25)9-22)21(12)8-17(18(11)20)27-19(21)26/h6,11-13,15,17-19,22,24,26H,2-5,7-9H2,1H3/t11-,12-,13-,15+,17-,18+,19-,20-,21+/m0/s1. The zero-order chi connectivity index (χ0) is 19.1. The van der Waals surface area contributed by atoms with Crippen molar-refractivity contribution in [3.05, 3.63) is 11.6 Å². The molecule has 0 radical (unpaired) electrons. The first-order valence-corrected chi connectivity index (χ1v) is 10.2. The molecule has 5 rings (SSSR count). The average Bonchev–Trinajstić information content (AvgIpc) is 3.15. The van der Waals surface area contributed by atoms with Gasteiger partial charge in [0.2, 0.25) is 0 Å². The smallest absolute Gasteiger partial charge is 0.162 e. The number of hydrogen-bond acceptors (Lipinski definition) is 6. The molecule has 9 atom stereocenters. The van der Waals surface area contributed by atoms with Crippen LogP contribution in [0.5, 0.6) is 0 Å². The second-order valence-corrected chi connectivity index (χ2v) is 9.63. The van der Waals surface area contributed by atoms with E-state index in [1.54, 1.807) is 6.08 Å². The van der Waals surface area contributed by atoms with Crippen LogP contribution in [0.1, 0.15) is 45.4 Å². The van der Waals surface area contributed by atoms with E-state index < -0.39 is 24.4 Å². The summed E-state index contributed by atoms with van der Waals surface area (Å²) >= 11 is 0. The fourth-order valence-electron chi connectivity index (χ4n) is 7.85. The number of Topliss-reactive ketones (excluding diaryl/α,β-unsaturated/α-hetero) is 1. The first-order valence-electron chi connectivity index (χ1n) is 10.2. The zero-order valence-corrected chi connectivity index (χ0v) is 15.6. The van der Waals surface area contributed by atoms with Crippen molar-refractivity contribution in [1.29, 1.82) is 0 Å². The third kappa shape index (κ3) is 2.10. The number of fused-ring (bicyclic) bond motifs is 6. The maximum Gasteiger partial charge on any atom is 0.162 e. The van der Waals surface area contributed by atoms with Crippen LogP contribution in [0.4, 0.5) is 0 Å². The predicted octanol–water partition coefficient (Wildman–Crippen LogP) is 0.974. The van der Waals surface area contributed by atoms with Crippen molar-refractivity contribution in [2.45, 2.75) is 63.9 Å². The Hall–Kier alpha value is -1.08. The quantitative estimate of drug-likeness (QED) is 0.664. The zero-order valence-electron chi connectivity index (χ0n) is 15.6. The van der Waals surface area contributed by atoms with E-state index in [9.17, 15) is 24.9 Å². The van der Waals surface area contributed by atoms with Crippen LogP contribution in [0.2, 0.25) is 0 Å². The monoisotopic (exact) mass is 376 g/mol. The minimum absolute atomic E-state index is 0.0759. The Bertz CT molecular complexity index is 730. The lowest BCUT2D eigenvalue weighted by molar-refractivity contribution is -0.160. The Morgan fingerprint density at radius 1 is 1.33 bits per heavy atom. The lowest BCUT2D eigenvalue weighted by Gasteiger charge is -2.58. The fraction of sp³-hybridized carbons (Fsp3) is 0.810. The number of carbonyl (C=O) groups excluding carboxylic acids is 2. The van der Waals surface area contributed by atoms with Gasteiger partial charge in [-0.3, -0.25) is 9.59 Å². The summed E-state index contributed by atoms with van der Waals surface area (Å²) in [6, 6.07) is 0. The van der Waals surface area contributed by atoms with Crippen molar-refractivity contribution in [3.8, 4) is 0 Å². The van der Waals surface area contributed by atoms with Crippen LogP contribution in [0.25, 0.3) is 0 Å². The van der Waals surface area contributed by atoms with Gasteiger partial charge in [0.05, 0.1) is 12.2 Å². The van der Waals surface area contributed by atoms with Crippen LogP contribution in [-0.2, 0) is 14.3 Å². The van der Waals surface area contributed by atoms with E-state index in [4.69, 9.17) is 4.74 Å². The van der Waals surface area contributed by atoms with Crippen molar-refractivity contribution in [2.75, 3.05) is 6.61 Å². The number of rotatable bonds is 2. The van der Waals surface area contributed by atoms with Crippen molar-refractivity contribution < 1.29 is 29.6 Å². The minimum atomic E-state index is -1.00. The molecule has 2 bridgehead atoms. The normalized spacial score (nSPS) is 53.4. The van der Waals surface area contributed by atoms with E-state index in [0.717, 1.165) is 12.0 Å². The highest BCUT2D eigenvalue weighted by molar-refractivity contribution is 5.92. The van der Waals surface area contributed by atoms with Crippen LogP contribution < -0.4 is 0 Å². The molecule has 1 spiro atoms. The van der Waals surface area contributed by atoms with E-state index in [2.05, 4.69) is 6.92 Å². The Morgan fingerprint density at radius 3 is 2.85 bits per heavy atom. The summed E-state index contributed by atoms with van der Waals surface area (Å²) in [6.07, 6.45) is 3.64. The first kappa shape index (κ1) is 18.0. The predicted molar refractivity (Wildman–Crippen MR) is 94.3 cm³/mol. The average molecular weight is 376 g/mol. The van der Waals surface area contributed by atoms with Gasteiger partial charge in [0, 0.05) is 17.8 Å². The molecule has 6 nitrogen and oxygen atoms in total. The molecule has 3 N–H and O–H groups in total. The van der Waals surface area contributed by atoms with E-state index >= 15 is 0 Å². The molecular formula is C21H28O6. The van der Waals surface area contributed by atoms with Crippen molar-refractivity contribution >= 4 is 11.6 Å². The summed E-state index contributed by atoms with van der Waals surface area (Å²) in [5, 5.41) is 31.3. The molecule has 5 aliphatic rings. The van der Waals surface area contributed by atoms with Gasteiger partial charge in [0.25, 0.3) is 0 Å². The molecule has 0 aromatic carbocycles. The number of aliphatic hydroxyl groups excluding tert-OH is 3. The molecule has 1 saturated heterocycles. The van der Waals surface area contributed by atoms with Crippen LogP contribution in [0.3, 0.4) is 0 Å². The molecule has 0 unspecified atom stereocenters. The number of carbonyl (C=O) groups is 2. The summed E-state index contributed by atoms with van der Waals surface area (Å²) in [6.45, 7) is 1.64. The second-order valence-electron chi connectivity index (χ2n) is 9.63. The molecule has 0 amide bonds. The highest BCUT2D eigenvalue weighted by atomic mass is 16.6. The van der Waals surface area contributed by atoms with Crippen molar-refractivity contribution in [3.63, 3.8) is 0 Å². The largest absolute Gasteiger partial charge is 0.389 e. The molecule has 0 aromatic rings. The summed E-state index contributed by atoms with van der Waals surface area (Å²) in [7, 11) is 0. The van der Waals surface area contributed by atoms with Gasteiger partial charge in [-0.25, -0.2) is 0 Å². The number of ether oxygens (including phenoxy) is 1. The highest BCUT2D eigenvalue weighted by Gasteiger charge is 2.72. The van der Waals surface area contributed by atoms with Gasteiger partial charge in [0.1, 0.15) is 6.61 Å². The second kappa shape index (κ2) is 5.72. The van der Waals surface area contributed by atoms with Gasteiger partial charge < -0.3 is 20.1 Å². The SMILES string of the molecule is C[C@]12CCC(=O)C=C1[C@H](O)C[C@@H]1[C@@H]2[C@@H]2C[C@]3([C@@H](O)O2)[C@H](C(=O)CO)CC[C@@H]13. The number of ketones is 2. The van der Waals surface area contributed by atoms with E-state index in [1.165, 1.54) is 0 Å². The molecule has 3 saturated carbocycles. The van der Waals surface area contributed by atoms with Gasteiger partial charge in [-0.1, -0.05) is 6.92 Å². The molecule has 27 heavy (non-hydrogen) atoms. The van der Waals surface area contributed by atoms with Crippen molar-refractivity contribution in [1.82, 2.24) is 0 Å². The number of aliphatic hydroxyl groups is 3. The Balaban J connectivity index is 1.60. The molecular weight excluding hydrogens is 348 g/mol.